The molecule has 0 saturated carbocycles. The molecule has 0 radical (unpaired) electrons. The van der Waals surface area contributed by atoms with Gasteiger partial charge < -0.3 is 21.3 Å². The molecule has 2 rings (SSSR count). The van der Waals surface area contributed by atoms with Crippen molar-refractivity contribution in [1.29, 1.82) is 16.1 Å². The quantitative estimate of drug-likeness (QED) is 0.418. The lowest BCUT2D eigenvalue weighted by Crippen LogP contribution is -2.28. The molecule has 0 unspecified atom stereocenters. The number of aromatic nitrogens is 2. The van der Waals surface area contributed by atoms with Gasteiger partial charge in [0.15, 0.2) is 5.69 Å². The molecule has 0 aliphatic carbocycles. The minimum atomic E-state index is -4.99. The number of nitrogens with two attached hydrogens (primary N) is 1. The van der Waals surface area contributed by atoms with Crippen LogP contribution in [0.5, 0.6) is 11.5 Å². The van der Waals surface area contributed by atoms with E-state index in [0.29, 0.717) is 11.9 Å². The summed E-state index contributed by atoms with van der Waals surface area (Å²) in [4.78, 5) is 16.1. The van der Waals surface area contributed by atoms with E-state index in [-0.39, 0.29) is 34.2 Å². The monoisotopic (exact) mass is 464 g/mol. The number of halogens is 4. The van der Waals surface area contributed by atoms with Crippen molar-refractivity contribution >= 4 is 24.0 Å². The van der Waals surface area contributed by atoms with Crippen LogP contribution in [0, 0.1) is 22.1 Å². The minimum Gasteiger partial charge on any atom is -0.449 e. The molecule has 166 valence electrons. The summed E-state index contributed by atoms with van der Waals surface area (Å²) in [5, 5.41) is 23.5. The zero-order valence-electron chi connectivity index (χ0n) is 16.5. The van der Waals surface area contributed by atoms with E-state index in [1.165, 1.54) is 12.1 Å². The highest BCUT2D eigenvalue weighted by Crippen LogP contribution is 2.35. The Hall–Kier alpha value is -3.91. The standard InChI is InChI=1S/C20H16ClF3N6O2/c1-11(13(7-26)8-27)2-15(28)9-30-10-29-18(20(22,23)24)17(19(30)31)32-16-4-12(6-25)3-14(21)5-16/h2-5,7-8,10,26-27H,9,28H2,1H3. The summed E-state index contributed by atoms with van der Waals surface area (Å²) in [6.07, 6.45) is -1.06. The van der Waals surface area contributed by atoms with Gasteiger partial charge in [0.25, 0.3) is 5.56 Å². The lowest BCUT2D eigenvalue weighted by atomic mass is 10.1. The average Bonchev–Trinajstić information content (AvgIpc) is 2.70. The number of nitrogens with zero attached hydrogens (tertiary/aromatic N) is 3. The second kappa shape index (κ2) is 9.93. The van der Waals surface area contributed by atoms with E-state index >= 15 is 0 Å². The summed E-state index contributed by atoms with van der Waals surface area (Å²) in [5.41, 5.74) is 3.95. The molecule has 0 fully saturated rings. The van der Waals surface area contributed by atoms with Gasteiger partial charge in [-0.25, -0.2) is 4.98 Å². The third kappa shape index (κ3) is 5.83. The Morgan fingerprint density at radius 2 is 2.00 bits per heavy atom. The first-order valence-electron chi connectivity index (χ1n) is 8.73. The van der Waals surface area contributed by atoms with Gasteiger partial charge in [0.1, 0.15) is 5.75 Å². The summed E-state index contributed by atoms with van der Waals surface area (Å²) in [6, 6.07) is 5.34. The van der Waals surface area contributed by atoms with Gasteiger partial charge >= 0.3 is 6.18 Å². The smallest absolute Gasteiger partial charge is 0.437 e. The molecule has 1 aromatic carbocycles. The van der Waals surface area contributed by atoms with E-state index in [9.17, 15) is 18.0 Å². The van der Waals surface area contributed by atoms with Crippen LogP contribution < -0.4 is 16.0 Å². The molecular weight excluding hydrogens is 449 g/mol. The topological polar surface area (TPSA) is 142 Å². The fourth-order valence-corrected chi connectivity index (χ4v) is 2.78. The first kappa shape index (κ1) is 24.4. The van der Waals surface area contributed by atoms with Gasteiger partial charge in [0.05, 0.1) is 24.5 Å². The average molecular weight is 465 g/mol. The third-order valence-corrected chi connectivity index (χ3v) is 4.22. The fraction of sp³-hybridized carbons (Fsp3) is 0.150. The van der Waals surface area contributed by atoms with Crippen molar-refractivity contribution in [2.24, 2.45) is 5.73 Å². The van der Waals surface area contributed by atoms with Gasteiger partial charge in [-0.3, -0.25) is 9.36 Å². The van der Waals surface area contributed by atoms with Crippen LogP contribution in [0.15, 0.2) is 52.2 Å². The van der Waals surface area contributed by atoms with Crippen molar-refractivity contribution in [2.75, 3.05) is 0 Å². The highest BCUT2D eigenvalue weighted by Gasteiger charge is 2.38. The highest BCUT2D eigenvalue weighted by atomic mass is 35.5. The minimum absolute atomic E-state index is 0.0212. The first-order valence-corrected chi connectivity index (χ1v) is 9.11. The van der Waals surface area contributed by atoms with Crippen LogP contribution >= 0.6 is 11.6 Å². The van der Waals surface area contributed by atoms with Crippen molar-refractivity contribution < 1.29 is 17.9 Å². The van der Waals surface area contributed by atoms with Crippen LogP contribution in [-0.2, 0) is 12.7 Å². The Morgan fingerprint density at radius 3 is 2.56 bits per heavy atom. The molecule has 0 aliphatic heterocycles. The van der Waals surface area contributed by atoms with Gasteiger partial charge in [-0.1, -0.05) is 11.6 Å². The summed E-state index contributed by atoms with van der Waals surface area (Å²) >= 11 is 5.85. The van der Waals surface area contributed by atoms with Gasteiger partial charge in [0.2, 0.25) is 5.75 Å². The van der Waals surface area contributed by atoms with Crippen molar-refractivity contribution in [2.45, 2.75) is 19.6 Å². The van der Waals surface area contributed by atoms with Gasteiger partial charge in [-0.2, -0.15) is 18.4 Å². The number of alkyl halides is 3. The first-order chi connectivity index (χ1) is 15.0. The predicted octanol–water partition coefficient (Wildman–Crippen LogP) is 4.04. The zero-order chi connectivity index (χ0) is 24.1. The van der Waals surface area contributed by atoms with Gasteiger partial charge in [0, 0.05) is 28.7 Å². The van der Waals surface area contributed by atoms with E-state index in [2.05, 4.69) is 4.98 Å². The Bertz CT molecular complexity index is 1220. The summed E-state index contributed by atoms with van der Waals surface area (Å²) < 4.78 is 46.3. The Morgan fingerprint density at radius 1 is 1.34 bits per heavy atom. The normalized spacial score (nSPS) is 11.4. The van der Waals surface area contributed by atoms with Gasteiger partial charge in [-0.15, -0.1) is 0 Å². The Kier molecular flexibility index (Phi) is 7.56. The summed E-state index contributed by atoms with van der Waals surface area (Å²) in [6.45, 7) is 1.24. The Balaban J connectivity index is 2.56. The molecular formula is C20H16ClF3N6O2. The summed E-state index contributed by atoms with van der Waals surface area (Å²) in [7, 11) is 0. The molecule has 1 aromatic heterocycles. The van der Waals surface area contributed by atoms with E-state index in [1.807, 2.05) is 0 Å². The zero-order valence-corrected chi connectivity index (χ0v) is 17.3. The van der Waals surface area contributed by atoms with E-state index < -0.39 is 23.2 Å². The van der Waals surface area contributed by atoms with Crippen molar-refractivity contribution in [3.8, 4) is 17.6 Å². The van der Waals surface area contributed by atoms with E-state index in [1.54, 1.807) is 13.0 Å². The lowest BCUT2D eigenvalue weighted by Gasteiger charge is -2.15. The molecule has 0 aliphatic rings. The number of nitriles is 1. The number of benzene rings is 1. The van der Waals surface area contributed by atoms with Crippen LogP contribution in [0.2, 0.25) is 5.02 Å². The van der Waals surface area contributed by atoms with Crippen LogP contribution in [0.4, 0.5) is 13.2 Å². The van der Waals surface area contributed by atoms with Crippen LogP contribution in [0.25, 0.3) is 0 Å². The van der Waals surface area contributed by atoms with Crippen LogP contribution in [0.3, 0.4) is 0 Å². The molecule has 1 heterocycles. The van der Waals surface area contributed by atoms with E-state index in [4.69, 9.17) is 38.2 Å². The Labute approximate surface area is 185 Å². The summed E-state index contributed by atoms with van der Waals surface area (Å²) in [5.74, 6) is -1.36. The maximum atomic E-state index is 13.4. The molecule has 0 atom stereocenters. The third-order valence-electron chi connectivity index (χ3n) is 4.01. The fourth-order valence-electron chi connectivity index (χ4n) is 2.55. The second-order valence-corrected chi connectivity index (χ2v) is 6.83. The van der Waals surface area contributed by atoms with Crippen LogP contribution in [-0.4, -0.2) is 22.0 Å². The lowest BCUT2D eigenvalue weighted by molar-refractivity contribution is -0.142. The van der Waals surface area contributed by atoms with Crippen LogP contribution in [0.1, 0.15) is 18.2 Å². The number of hydrogen-bond acceptors (Lipinski definition) is 7. The van der Waals surface area contributed by atoms with Crippen molar-refractivity contribution in [3.05, 3.63) is 74.1 Å². The number of rotatable bonds is 7. The molecule has 0 bridgehead atoms. The molecule has 0 amide bonds. The number of ether oxygens (including phenoxy) is 1. The second-order valence-electron chi connectivity index (χ2n) is 6.39. The predicted molar refractivity (Wildman–Crippen MR) is 112 cm³/mol. The largest absolute Gasteiger partial charge is 0.449 e. The van der Waals surface area contributed by atoms with Crippen molar-refractivity contribution in [3.63, 3.8) is 0 Å². The number of allylic oxidation sites excluding steroid dienone is 4. The molecule has 0 spiro atoms. The molecule has 2 aromatic rings. The molecule has 8 nitrogen and oxygen atoms in total. The molecule has 32 heavy (non-hydrogen) atoms. The maximum Gasteiger partial charge on any atom is 0.437 e. The van der Waals surface area contributed by atoms with Gasteiger partial charge in [-0.05, 0) is 36.8 Å². The molecule has 0 saturated heterocycles. The molecule has 4 N–H and O–H groups in total. The maximum absolute atomic E-state index is 13.4. The SMILES string of the molecule is CC(C=C(N)Cn1cnc(C(F)(F)F)c(Oc2cc(Cl)cc(C#N)c2)c1=O)=C(C=N)C=N. The number of nitrogens with one attached hydrogen (secondary N) is 2. The number of hydrogen-bond donors (Lipinski definition) is 3. The van der Waals surface area contributed by atoms with Crippen molar-refractivity contribution in [1.82, 2.24) is 9.55 Å². The highest BCUT2D eigenvalue weighted by molar-refractivity contribution is 6.30. The molecule has 12 heteroatoms. The van der Waals surface area contributed by atoms with E-state index in [0.717, 1.165) is 29.1 Å².